The van der Waals surface area contributed by atoms with Crippen LogP contribution in [0.5, 0.6) is 5.75 Å². The maximum Gasteiger partial charge on any atom is 0.272 e. The number of halogens is 2. The number of anilines is 2. The van der Waals surface area contributed by atoms with E-state index in [-0.39, 0.29) is 11.6 Å². The molecule has 0 aromatic heterocycles. The molecular weight excluding hydrogens is 665 g/mol. The molecule has 0 spiro atoms. The van der Waals surface area contributed by atoms with E-state index in [1.54, 1.807) is 79.7 Å². The normalized spacial score (nSPS) is 11.7. The van der Waals surface area contributed by atoms with E-state index >= 15 is 0 Å². The number of thioether (sulfide) groups is 1. The number of benzene rings is 5. The highest BCUT2D eigenvalue weighted by Gasteiger charge is 2.17. The minimum atomic E-state index is -0.503. The average Bonchev–Trinajstić information content (AvgIpc) is 3.08. The van der Waals surface area contributed by atoms with E-state index in [1.165, 1.54) is 11.8 Å². The van der Waals surface area contributed by atoms with Crippen molar-refractivity contribution in [3.05, 3.63) is 160 Å². The molecule has 1 atom stereocenters. The van der Waals surface area contributed by atoms with Crippen LogP contribution in [0.1, 0.15) is 28.4 Å². The summed E-state index contributed by atoms with van der Waals surface area (Å²) in [7, 11) is 0. The highest BCUT2D eigenvalue weighted by atomic mass is 35.5. The van der Waals surface area contributed by atoms with Crippen molar-refractivity contribution in [2.24, 2.45) is 0 Å². The highest BCUT2D eigenvalue weighted by Crippen LogP contribution is 2.27. The number of rotatable bonds is 12. The molecule has 0 radical (unpaired) electrons. The van der Waals surface area contributed by atoms with Crippen LogP contribution < -0.4 is 20.7 Å². The molecule has 48 heavy (non-hydrogen) atoms. The van der Waals surface area contributed by atoms with Crippen LogP contribution in [0, 0.1) is 0 Å². The number of hydrogen-bond acceptors (Lipinski definition) is 5. The van der Waals surface area contributed by atoms with Crippen molar-refractivity contribution < 1.29 is 19.1 Å². The Morgan fingerprint density at radius 1 is 0.750 bits per heavy atom. The summed E-state index contributed by atoms with van der Waals surface area (Å²) in [6.07, 6.45) is 1.61. The molecule has 5 aromatic carbocycles. The molecule has 1 unspecified atom stereocenters. The molecule has 0 heterocycles. The minimum Gasteiger partial charge on any atom is -0.489 e. The van der Waals surface area contributed by atoms with E-state index in [0.717, 1.165) is 10.5 Å². The summed E-state index contributed by atoms with van der Waals surface area (Å²) in [4.78, 5) is 40.1. The second-order valence-electron chi connectivity index (χ2n) is 10.6. The predicted octanol–water partition coefficient (Wildman–Crippen LogP) is 9.10. The molecule has 0 aliphatic carbocycles. The van der Waals surface area contributed by atoms with Crippen molar-refractivity contribution in [1.82, 2.24) is 5.32 Å². The third-order valence-corrected chi connectivity index (χ3v) is 8.44. The van der Waals surface area contributed by atoms with Crippen LogP contribution in [-0.4, -0.2) is 23.0 Å². The van der Waals surface area contributed by atoms with Crippen molar-refractivity contribution in [1.29, 1.82) is 0 Å². The van der Waals surface area contributed by atoms with Crippen molar-refractivity contribution in [2.75, 3.05) is 10.6 Å². The molecule has 5 aromatic rings. The third-order valence-electron chi connectivity index (χ3n) is 6.89. The number of carbonyl (C=O) groups is 3. The van der Waals surface area contributed by atoms with Crippen LogP contribution in [-0.2, 0) is 16.2 Å². The lowest BCUT2D eigenvalue weighted by atomic mass is 10.1. The van der Waals surface area contributed by atoms with Gasteiger partial charge in [-0.2, -0.15) is 0 Å². The zero-order valence-electron chi connectivity index (χ0n) is 25.8. The molecule has 3 N–H and O–H groups in total. The lowest BCUT2D eigenvalue weighted by Crippen LogP contribution is -2.30. The van der Waals surface area contributed by atoms with Crippen molar-refractivity contribution in [2.45, 2.75) is 23.7 Å². The first-order valence-electron chi connectivity index (χ1n) is 14.9. The standard InChI is InChI=1S/C38H31Cl2N3O4S/c1-25(36(44)42-32-22-29(39)21-30(40)23-32)48-34-18-14-31(15-19-34)41-38(46)35(43-37(45)28-10-6-3-7-11-28)20-26-12-16-33(17-13-26)47-24-27-8-4-2-5-9-27/h2-23,25H,24H2,1H3,(H,41,46)(H,42,44)(H,43,45)/b35-20-. The Morgan fingerprint density at radius 3 is 2.02 bits per heavy atom. The quantitative estimate of drug-likeness (QED) is 0.0894. The van der Waals surface area contributed by atoms with Crippen LogP contribution >= 0.6 is 35.0 Å². The summed E-state index contributed by atoms with van der Waals surface area (Å²) in [5, 5.41) is 8.86. The second kappa shape index (κ2) is 16.7. The van der Waals surface area contributed by atoms with Crippen molar-refractivity contribution >= 4 is 70.1 Å². The highest BCUT2D eigenvalue weighted by molar-refractivity contribution is 8.00. The molecule has 3 amide bonds. The summed E-state index contributed by atoms with van der Waals surface area (Å²) >= 11 is 13.4. The first-order chi connectivity index (χ1) is 23.2. The van der Waals surface area contributed by atoms with E-state index in [9.17, 15) is 14.4 Å². The molecule has 0 aliphatic rings. The zero-order chi connectivity index (χ0) is 33.9. The van der Waals surface area contributed by atoms with Crippen LogP contribution in [0.2, 0.25) is 10.0 Å². The van der Waals surface area contributed by atoms with Gasteiger partial charge in [-0.1, -0.05) is 83.9 Å². The van der Waals surface area contributed by atoms with Gasteiger partial charge in [-0.15, -0.1) is 11.8 Å². The number of nitrogens with one attached hydrogen (secondary N) is 3. The van der Waals surface area contributed by atoms with Gasteiger partial charge in [0, 0.05) is 31.9 Å². The summed E-state index contributed by atoms with van der Waals surface area (Å²) in [6, 6.07) is 37.7. The average molecular weight is 697 g/mol. The summed E-state index contributed by atoms with van der Waals surface area (Å²) < 4.78 is 5.88. The molecule has 5 rings (SSSR count). The number of amides is 3. The molecule has 242 valence electrons. The van der Waals surface area contributed by atoms with Crippen LogP contribution in [0.25, 0.3) is 6.08 Å². The molecular formula is C38H31Cl2N3O4S. The minimum absolute atomic E-state index is 0.0617. The van der Waals surface area contributed by atoms with Crippen LogP contribution in [0.15, 0.2) is 138 Å². The lowest BCUT2D eigenvalue weighted by Gasteiger charge is -2.14. The summed E-state index contributed by atoms with van der Waals surface area (Å²) in [6.45, 7) is 2.22. The van der Waals surface area contributed by atoms with Crippen LogP contribution in [0.3, 0.4) is 0 Å². The summed E-state index contributed by atoms with van der Waals surface area (Å²) in [5.74, 6) is -0.458. The van der Waals surface area contributed by atoms with Crippen molar-refractivity contribution in [3.63, 3.8) is 0 Å². The maximum atomic E-state index is 13.5. The Hall–Kier alpha value is -5.02. The number of ether oxygens (including phenoxy) is 1. The first-order valence-corrected chi connectivity index (χ1v) is 16.6. The van der Waals surface area contributed by atoms with Crippen LogP contribution in [0.4, 0.5) is 11.4 Å². The van der Waals surface area contributed by atoms with Gasteiger partial charge in [-0.25, -0.2) is 0 Å². The predicted molar refractivity (Wildman–Crippen MR) is 195 cm³/mol. The van der Waals surface area contributed by atoms with E-state index in [1.807, 2.05) is 60.7 Å². The Labute approximate surface area is 293 Å². The summed E-state index contributed by atoms with van der Waals surface area (Å²) in [5.41, 5.74) is 3.25. The fourth-order valence-electron chi connectivity index (χ4n) is 4.45. The molecule has 7 nitrogen and oxygen atoms in total. The first kappa shape index (κ1) is 34.3. The Bertz CT molecular complexity index is 1880. The Balaban J connectivity index is 1.25. The van der Waals surface area contributed by atoms with Crippen molar-refractivity contribution in [3.8, 4) is 5.75 Å². The monoisotopic (exact) mass is 695 g/mol. The second-order valence-corrected chi connectivity index (χ2v) is 12.9. The van der Waals surface area contributed by atoms with Gasteiger partial charge in [0.15, 0.2) is 0 Å². The van der Waals surface area contributed by atoms with Gasteiger partial charge >= 0.3 is 0 Å². The molecule has 0 bridgehead atoms. The van der Waals surface area contributed by atoms with Gasteiger partial charge in [0.25, 0.3) is 11.8 Å². The number of hydrogen-bond donors (Lipinski definition) is 3. The van der Waals surface area contributed by atoms with E-state index < -0.39 is 17.1 Å². The smallest absolute Gasteiger partial charge is 0.272 e. The van der Waals surface area contributed by atoms with E-state index in [4.69, 9.17) is 27.9 Å². The largest absolute Gasteiger partial charge is 0.489 e. The topological polar surface area (TPSA) is 96.5 Å². The van der Waals surface area contributed by atoms with E-state index in [0.29, 0.717) is 44.9 Å². The fraction of sp³-hybridized carbons (Fsp3) is 0.0789. The molecule has 0 saturated carbocycles. The fourth-order valence-corrected chi connectivity index (χ4v) is 5.85. The molecule has 0 aliphatic heterocycles. The molecule has 0 saturated heterocycles. The number of carbonyl (C=O) groups excluding carboxylic acids is 3. The molecule has 0 fully saturated rings. The van der Waals surface area contributed by atoms with Gasteiger partial charge in [0.2, 0.25) is 5.91 Å². The third kappa shape index (κ3) is 10.2. The Morgan fingerprint density at radius 2 is 1.38 bits per heavy atom. The van der Waals surface area contributed by atoms with E-state index in [2.05, 4.69) is 16.0 Å². The lowest BCUT2D eigenvalue weighted by molar-refractivity contribution is -0.115. The SMILES string of the molecule is CC(Sc1ccc(NC(=O)/C(=C/c2ccc(OCc3ccccc3)cc2)NC(=O)c2ccccc2)cc1)C(=O)Nc1cc(Cl)cc(Cl)c1. The van der Waals surface area contributed by atoms with Gasteiger partial charge in [0.05, 0.1) is 5.25 Å². The van der Waals surface area contributed by atoms with Gasteiger partial charge in [-0.05, 0) is 90.9 Å². The molecule has 10 heteroatoms. The van der Waals surface area contributed by atoms with Gasteiger partial charge in [0.1, 0.15) is 18.1 Å². The zero-order valence-corrected chi connectivity index (χ0v) is 28.1. The van der Waals surface area contributed by atoms with Gasteiger partial charge in [-0.3, -0.25) is 14.4 Å². The van der Waals surface area contributed by atoms with Gasteiger partial charge < -0.3 is 20.7 Å². The maximum absolute atomic E-state index is 13.5. The Kier molecular flexibility index (Phi) is 11.9.